The Labute approximate surface area is 230 Å². The number of ether oxygens (including phenoxy) is 1. The molecule has 3 heterocycles. The van der Waals surface area contributed by atoms with Crippen molar-refractivity contribution >= 4 is 23.4 Å². The normalized spacial score (nSPS) is 24.4. The van der Waals surface area contributed by atoms with E-state index >= 15 is 0 Å². The largest absolute Gasteiger partial charge is 0.451 e. The number of rotatable bonds is 8. The van der Waals surface area contributed by atoms with Crippen LogP contribution in [-0.2, 0) is 15.8 Å². The number of aliphatic hydroxyl groups is 1. The van der Waals surface area contributed by atoms with Gasteiger partial charge in [-0.3, -0.25) is 0 Å². The van der Waals surface area contributed by atoms with E-state index < -0.39 is 11.6 Å². The van der Waals surface area contributed by atoms with Gasteiger partial charge in [0, 0.05) is 28.4 Å². The summed E-state index contributed by atoms with van der Waals surface area (Å²) in [5.41, 5.74) is 8.76. The zero-order chi connectivity index (χ0) is 27.7. The number of aliphatic hydroxyl groups excluding tert-OH is 1. The number of nitrogens with zero attached hydrogens (tertiary/aromatic N) is 4. The Morgan fingerprint density at radius 1 is 1.07 bits per heavy atom. The molecule has 1 aliphatic heterocycles. The van der Waals surface area contributed by atoms with Crippen LogP contribution in [0, 0.1) is 0 Å². The fourth-order valence-electron chi connectivity index (χ4n) is 6.21. The molecule has 0 amide bonds. The molecule has 5 N–H and O–H groups in total. The van der Waals surface area contributed by atoms with Gasteiger partial charge >= 0.3 is 5.97 Å². The molecule has 2 bridgehead atoms. The van der Waals surface area contributed by atoms with Gasteiger partial charge in [0.1, 0.15) is 17.0 Å². The van der Waals surface area contributed by atoms with Gasteiger partial charge in [0.15, 0.2) is 5.82 Å². The number of hydrogen-bond acceptors (Lipinski definition) is 11. The van der Waals surface area contributed by atoms with Crippen LogP contribution in [0.2, 0.25) is 0 Å². The molecule has 0 radical (unpaired) electrons. The number of nitrogens with one attached hydrogen (secondary N) is 2. The Morgan fingerprint density at radius 3 is 2.58 bits per heavy atom. The fourth-order valence-corrected chi connectivity index (χ4v) is 6.21. The predicted molar refractivity (Wildman–Crippen MR) is 146 cm³/mol. The van der Waals surface area contributed by atoms with Crippen LogP contribution >= 0.6 is 0 Å². The number of nitrogens with two attached hydrogens (primary N) is 1. The van der Waals surface area contributed by atoms with Gasteiger partial charge in [-0.25, -0.2) is 9.78 Å². The van der Waals surface area contributed by atoms with Gasteiger partial charge in [0.05, 0.1) is 18.2 Å². The number of esters is 1. The van der Waals surface area contributed by atoms with Crippen molar-refractivity contribution in [2.75, 3.05) is 17.2 Å². The first-order chi connectivity index (χ1) is 19.2. The van der Waals surface area contributed by atoms with Crippen molar-refractivity contribution in [2.24, 2.45) is 5.73 Å². The fraction of sp³-hybridized carbons (Fsp3) is 0.345. The van der Waals surface area contributed by atoms with Gasteiger partial charge in [-0.1, -0.05) is 35.5 Å². The maximum absolute atomic E-state index is 12.2. The van der Waals surface area contributed by atoms with E-state index in [1.165, 1.54) is 0 Å². The maximum Gasteiger partial charge on any atom is 0.339 e. The molecule has 0 spiro atoms. The average molecular weight is 540 g/mol. The lowest BCUT2D eigenvalue weighted by molar-refractivity contribution is -0.0664. The molecule has 4 aromatic rings. The van der Waals surface area contributed by atoms with Crippen LogP contribution in [0.25, 0.3) is 11.5 Å². The highest BCUT2D eigenvalue weighted by Gasteiger charge is 2.68. The van der Waals surface area contributed by atoms with E-state index in [0.29, 0.717) is 40.3 Å². The van der Waals surface area contributed by atoms with Crippen LogP contribution in [0.4, 0.5) is 17.5 Å². The second-order valence-corrected chi connectivity index (χ2v) is 11.6. The second kappa shape index (κ2) is 8.57. The minimum atomic E-state index is -0.731. The minimum Gasteiger partial charge on any atom is -0.451 e. The first kappa shape index (κ1) is 24.7. The molecular weight excluding hydrogens is 510 g/mol. The highest BCUT2D eigenvalue weighted by atomic mass is 16.6. The summed E-state index contributed by atoms with van der Waals surface area (Å²) in [6, 6.07) is 14.5. The van der Waals surface area contributed by atoms with Gasteiger partial charge in [-0.2, -0.15) is 9.97 Å². The molecule has 3 saturated carbocycles. The Balaban J connectivity index is 1.23. The first-order valence-electron chi connectivity index (χ1n) is 13.2. The molecule has 8 rings (SSSR count). The highest BCUT2D eigenvalue weighted by Crippen LogP contribution is 2.65. The molecule has 11 heteroatoms. The predicted octanol–water partition coefficient (Wildman–Crippen LogP) is 3.95. The molecule has 0 saturated heterocycles. The summed E-state index contributed by atoms with van der Waals surface area (Å²) in [5.74, 6) is 1.34. The lowest BCUT2D eigenvalue weighted by atomic mass is 9.39. The Bertz CT molecular complexity index is 1610. The quantitative estimate of drug-likeness (QED) is 0.240. The number of anilines is 3. The number of cyclic esters (lactones) is 1. The molecule has 1 atom stereocenters. The number of carbonyl (C=O) groups excluding carboxylic acids is 1. The van der Waals surface area contributed by atoms with Crippen LogP contribution in [0.5, 0.6) is 0 Å². The number of carbonyl (C=O) groups is 1. The summed E-state index contributed by atoms with van der Waals surface area (Å²) < 4.78 is 11.2. The van der Waals surface area contributed by atoms with Crippen LogP contribution in [0.15, 0.2) is 59.3 Å². The second-order valence-electron chi connectivity index (χ2n) is 11.6. The van der Waals surface area contributed by atoms with Gasteiger partial charge in [-0.15, -0.1) is 0 Å². The molecule has 2 aromatic heterocycles. The van der Waals surface area contributed by atoms with E-state index in [2.05, 4.69) is 20.8 Å². The van der Waals surface area contributed by atoms with Crippen LogP contribution in [0.3, 0.4) is 0 Å². The van der Waals surface area contributed by atoms with Gasteiger partial charge < -0.3 is 30.7 Å². The summed E-state index contributed by atoms with van der Waals surface area (Å²) in [4.78, 5) is 26.2. The lowest BCUT2D eigenvalue weighted by Gasteiger charge is -2.67. The lowest BCUT2D eigenvalue weighted by Crippen LogP contribution is -2.74. The summed E-state index contributed by atoms with van der Waals surface area (Å²) in [6.45, 7) is 3.54. The summed E-state index contributed by atoms with van der Waals surface area (Å²) in [7, 11) is 0. The van der Waals surface area contributed by atoms with Crippen molar-refractivity contribution in [3.05, 3.63) is 77.2 Å². The van der Waals surface area contributed by atoms with E-state index in [1.807, 2.05) is 50.2 Å². The van der Waals surface area contributed by atoms with Crippen molar-refractivity contribution in [2.45, 2.75) is 55.7 Å². The third kappa shape index (κ3) is 3.92. The molecule has 40 heavy (non-hydrogen) atoms. The first-order valence-corrected chi connectivity index (χ1v) is 13.2. The Hall–Kier alpha value is -4.35. The third-order valence-corrected chi connectivity index (χ3v) is 8.18. The number of benzene rings is 2. The van der Waals surface area contributed by atoms with E-state index in [9.17, 15) is 9.90 Å². The molecule has 2 aromatic carbocycles. The van der Waals surface area contributed by atoms with Crippen LogP contribution in [0.1, 0.15) is 66.5 Å². The van der Waals surface area contributed by atoms with Gasteiger partial charge in [-0.05, 0) is 56.9 Å². The van der Waals surface area contributed by atoms with E-state index in [1.54, 1.807) is 18.3 Å². The topological polar surface area (TPSA) is 161 Å². The van der Waals surface area contributed by atoms with E-state index in [4.69, 9.17) is 25.0 Å². The van der Waals surface area contributed by atoms with Crippen molar-refractivity contribution in [1.82, 2.24) is 20.1 Å². The summed E-state index contributed by atoms with van der Waals surface area (Å²) in [5, 5.41) is 21.0. The third-order valence-electron chi connectivity index (χ3n) is 8.18. The van der Waals surface area contributed by atoms with E-state index in [-0.39, 0.29) is 23.5 Å². The molecular formula is C29H29N7O4. The zero-order valence-corrected chi connectivity index (χ0v) is 22.1. The van der Waals surface area contributed by atoms with Crippen molar-refractivity contribution in [3.8, 4) is 11.5 Å². The molecule has 11 nitrogen and oxygen atoms in total. The van der Waals surface area contributed by atoms with Crippen LogP contribution in [-0.4, -0.2) is 43.3 Å². The molecule has 3 fully saturated rings. The molecule has 3 aliphatic carbocycles. The SMILES string of the molecule is CC1(C)OC(=O)c2ccc(Nc3ncc(-c4nc(C56CC(N)(C5)C6)no4)c(N[C@H](CO)c4ccccc4)n3)cc21. The minimum absolute atomic E-state index is 0.0832. The smallest absolute Gasteiger partial charge is 0.339 e. The molecule has 4 aliphatic rings. The Kier molecular flexibility index (Phi) is 5.29. The number of aromatic nitrogens is 4. The maximum atomic E-state index is 12.2. The monoisotopic (exact) mass is 539 g/mol. The zero-order valence-electron chi connectivity index (χ0n) is 22.1. The van der Waals surface area contributed by atoms with Crippen molar-refractivity contribution < 1.29 is 19.2 Å². The molecule has 0 unspecified atom stereocenters. The number of fused-ring (bicyclic) bond motifs is 1. The average Bonchev–Trinajstić information content (AvgIpc) is 3.47. The van der Waals surface area contributed by atoms with Crippen molar-refractivity contribution in [3.63, 3.8) is 0 Å². The van der Waals surface area contributed by atoms with Gasteiger partial charge in [0.25, 0.3) is 5.89 Å². The summed E-state index contributed by atoms with van der Waals surface area (Å²) >= 11 is 0. The van der Waals surface area contributed by atoms with E-state index in [0.717, 1.165) is 30.4 Å². The van der Waals surface area contributed by atoms with Crippen LogP contribution < -0.4 is 16.4 Å². The van der Waals surface area contributed by atoms with Gasteiger partial charge in [0.2, 0.25) is 5.95 Å². The Morgan fingerprint density at radius 2 is 1.85 bits per heavy atom. The van der Waals surface area contributed by atoms with Crippen molar-refractivity contribution in [1.29, 1.82) is 0 Å². The summed E-state index contributed by atoms with van der Waals surface area (Å²) in [6.07, 6.45) is 4.19. The number of hydrogen-bond donors (Lipinski definition) is 4. The molecule has 204 valence electrons. The standard InChI is InChI=1S/C29H29N7O4/c1-27(2)20-10-17(8-9-18(20)24(38)39-27)32-26-31-11-19(22(34-26)33-21(12-37)16-6-4-3-5-7-16)23-35-25(36-40-23)28-13-29(30,14-28)15-28/h3-11,21,37H,12-15,30H2,1-2H3,(H2,31,32,33,34)/t21-,28?,29?/m1/s1. The highest BCUT2D eigenvalue weighted by molar-refractivity contribution is 5.95.